The van der Waals surface area contributed by atoms with E-state index in [-0.39, 0.29) is 29.5 Å². The van der Waals surface area contributed by atoms with Crippen LogP contribution < -0.4 is 9.62 Å². The fourth-order valence-electron chi connectivity index (χ4n) is 4.39. The molecular weight excluding hydrogens is 581 g/mol. The lowest BCUT2D eigenvalue weighted by Crippen LogP contribution is -2.53. The molecule has 0 aromatic heterocycles. The monoisotopic (exact) mass is 609 g/mol. The molecule has 0 bridgehead atoms. The fourth-order valence-corrected chi connectivity index (χ4v) is 6.11. The Morgan fingerprint density at radius 2 is 1.39 bits per heavy atom. The van der Waals surface area contributed by atoms with E-state index in [4.69, 9.17) is 23.2 Å². The topological polar surface area (TPSA) is 86.8 Å². The van der Waals surface area contributed by atoms with Gasteiger partial charge < -0.3 is 10.2 Å². The summed E-state index contributed by atoms with van der Waals surface area (Å²) in [4.78, 5) is 28.8. The highest BCUT2D eigenvalue weighted by atomic mass is 35.5. The van der Waals surface area contributed by atoms with Crippen molar-refractivity contribution in [1.82, 2.24) is 10.2 Å². The van der Waals surface area contributed by atoms with Crippen LogP contribution in [0.1, 0.15) is 11.1 Å². The molecule has 41 heavy (non-hydrogen) atoms. The molecule has 2 amide bonds. The molecule has 0 spiro atoms. The molecule has 1 atom stereocenters. The summed E-state index contributed by atoms with van der Waals surface area (Å²) < 4.78 is 28.8. The van der Waals surface area contributed by atoms with Gasteiger partial charge in [-0.3, -0.25) is 13.9 Å². The average molecular weight is 611 g/mol. The predicted octanol–water partition coefficient (Wildman–Crippen LogP) is 5.57. The minimum absolute atomic E-state index is 0.0450. The normalized spacial score (nSPS) is 11.9. The quantitative estimate of drug-likeness (QED) is 0.241. The lowest BCUT2D eigenvalue weighted by molar-refractivity contribution is -0.139. The van der Waals surface area contributed by atoms with Crippen molar-refractivity contribution in [3.63, 3.8) is 0 Å². The van der Waals surface area contributed by atoms with Gasteiger partial charge in [0.15, 0.2) is 0 Å². The molecule has 0 radical (unpaired) electrons. The van der Waals surface area contributed by atoms with E-state index in [0.717, 1.165) is 15.4 Å². The van der Waals surface area contributed by atoms with Crippen LogP contribution in [0.25, 0.3) is 0 Å². The van der Waals surface area contributed by atoms with E-state index in [2.05, 4.69) is 5.32 Å². The summed E-state index contributed by atoms with van der Waals surface area (Å²) in [6.45, 7) is -0.477. The molecular formula is C31H29Cl2N3O4S. The maximum atomic E-state index is 14.2. The number of sulfonamides is 1. The van der Waals surface area contributed by atoms with Crippen LogP contribution >= 0.6 is 23.2 Å². The number of nitrogens with zero attached hydrogens (tertiary/aromatic N) is 2. The second-order valence-electron chi connectivity index (χ2n) is 9.27. The number of likely N-dealkylation sites (N-methyl/N-ethyl adjacent to an activating group) is 1. The van der Waals surface area contributed by atoms with Gasteiger partial charge in [-0.2, -0.15) is 0 Å². The van der Waals surface area contributed by atoms with E-state index in [0.29, 0.717) is 10.0 Å². The van der Waals surface area contributed by atoms with Crippen molar-refractivity contribution < 1.29 is 18.0 Å². The van der Waals surface area contributed by atoms with Crippen molar-refractivity contribution in [2.75, 3.05) is 17.9 Å². The summed E-state index contributed by atoms with van der Waals surface area (Å²) in [6.07, 6.45) is 0.236. The van der Waals surface area contributed by atoms with Crippen molar-refractivity contribution in [2.45, 2.75) is 23.9 Å². The molecule has 212 valence electrons. The van der Waals surface area contributed by atoms with Crippen molar-refractivity contribution in [3.05, 3.63) is 130 Å². The van der Waals surface area contributed by atoms with Gasteiger partial charge in [0, 0.05) is 30.1 Å². The zero-order valence-corrected chi connectivity index (χ0v) is 24.6. The number of rotatable bonds is 11. The second-order valence-corrected chi connectivity index (χ2v) is 12.0. The summed E-state index contributed by atoms with van der Waals surface area (Å²) in [6, 6.07) is 29.6. The molecule has 0 aliphatic carbocycles. The lowest BCUT2D eigenvalue weighted by atomic mass is 10.0. The Hall–Kier alpha value is -3.85. The van der Waals surface area contributed by atoms with Crippen LogP contribution in [0.5, 0.6) is 0 Å². The zero-order valence-electron chi connectivity index (χ0n) is 22.3. The van der Waals surface area contributed by atoms with Crippen LogP contribution in [0.2, 0.25) is 10.0 Å². The van der Waals surface area contributed by atoms with Gasteiger partial charge in [0.05, 0.1) is 10.6 Å². The van der Waals surface area contributed by atoms with Crippen LogP contribution in [-0.2, 0) is 32.6 Å². The number of carbonyl (C=O) groups excluding carboxylic acids is 2. The third kappa shape index (κ3) is 7.67. The highest BCUT2D eigenvalue weighted by molar-refractivity contribution is 7.92. The summed E-state index contributed by atoms with van der Waals surface area (Å²) in [5.74, 6) is -0.927. The van der Waals surface area contributed by atoms with Crippen LogP contribution in [0.15, 0.2) is 114 Å². The molecule has 4 aromatic rings. The van der Waals surface area contributed by atoms with Gasteiger partial charge in [0.25, 0.3) is 10.0 Å². The molecule has 0 saturated heterocycles. The number of hydrogen-bond donors (Lipinski definition) is 1. The maximum absolute atomic E-state index is 14.2. The second kappa shape index (κ2) is 13.7. The number of amides is 2. The SMILES string of the molecule is CNC(=O)[C@@H](Cc1ccccc1)N(Cc1ccccc1)C(=O)CN(c1cccc(Cl)c1)S(=O)(=O)c1ccc(Cl)cc1. The van der Waals surface area contributed by atoms with Gasteiger partial charge in [-0.25, -0.2) is 8.42 Å². The van der Waals surface area contributed by atoms with E-state index in [1.165, 1.54) is 42.3 Å². The fraction of sp³-hybridized carbons (Fsp3) is 0.161. The number of anilines is 1. The molecule has 0 fully saturated rings. The Bertz CT molecular complexity index is 1580. The Morgan fingerprint density at radius 3 is 1.98 bits per heavy atom. The van der Waals surface area contributed by atoms with Gasteiger partial charge in [0.2, 0.25) is 11.8 Å². The number of carbonyl (C=O) groups is 2. The molecule has 4 aromatic carbocycles. The standard InChI is InChI=1S/C31H29Cl2N3O4S/c1-34-31(38)29(19-23-9-4-2-5-10-23)35(21-24-11-6-3-7-12-24)30(37)22-36(27-14-8-13-26(33)20-27)41(39,40)28-17-15-25(32)16-18-28/h2-18,20,29H,19,21-22H2,1H3,(H,34,38)/t29-/m1/s1. The smallest absolute Gasteiger partial charge is 0.264 e. The summed E-state index contributed by atoms with van der Waals surface area (Å²) in [5, 5.41) is 3.34. The minimum Gasteiger partial charge on any atom is -0.357 e. The van der Waals surface area contributed by atoms with Gasteiger partial charge in [-0.05, 0) is 53.6 Å². The largest absolute Gasteiger partial charge is 0.357 e. The highest BCUT2D eigenvalue weighted by Gasteiger charge is 2.34. The Balaban J connectivity index is 1.77. The van der Waals surface area contributed by atoms with E-state index >= 15 is 0 Å². The number of nitrogens with one attached hydrogen (secondary N) is 1. The highest BCUT2D eigenvalue weighted by Crippen LogP contribution is 2.28. The molecule has 0 saturated carbocycles. The average Bonchev–Trinajstić information content (AvgIpc) is 2.98. The molecule has 0 heterocycles. The zero-order chi connectivity index (χ0) is 29.4. The predicted molar refractivity (Wildman–Crippen MR) is 162 cm³/mol. The molecule has 4 rings (SSSR count). The first kappa shape index (κ1) is 30.1. The van der Waals surface area contributed by atoms with Crippen LogP contribution in [-0.4, -0.2) is 44.8 Å². The number of halogens is 2. The first-order valence-electron chi connectivity index (χ1n) is 12.8. The molecule has 10 heteroatoms. The van der Waals surface area contributed by atoms with Crippen LogP contribution in [0.4, 0.5) is 5.69 Å². The minimum atomic E-state index is -4.23. The summed E-state index contributed by atoms with van der Waals surface area (Å²) in [5.41, 5.74) is 1.85. The summed E-state index contributed by atoms with van der Waals surface area (Å²) in [7, 11) is -2.72. The lowest BCUT2D eigenvalue weighted by Gasteiger charge is -2.33. The van der Waals surface area contributed by atoms with Crippen molar-refractivity contribution in [2.24, 2.45) is 0 Å². The van der Waals surface area contributed by atoms with E-state index in [1.54, 1.807) is 18.2 Å². The van der Waals surface area contributed by atoms with Crippen LogP contribution in [0.3, 0.4) is 0 Å². The van der Waals surface area contributed by atoms with E-state index < -0.39 is 28.5 Å². The van der Waals surface area contributed by atoms with Crippen LogP contribution in [0, 0.1) is 0 Å². The van der Waals surface area contributed by atoms with Gasteiger partial charge in [-0.15, -0.1) is 0 Å². The maximum Gasteiger partial charge on any atom is 0.264 e. The van der Waals surface area contributed by atoms with Crippen molar-refractivity contribution in [1.29, 1.82) is 0 Å². The molecule has 0 aliphatic rings. The van der Waals surface area contributed by atoms with E-state index in [1.807, 2.05) is 60.7 Å². The van der Waals surface area contributed by atoms with Crippen molar-refractivity contribution >= 4 is 50.7 Å². The molecule has 7 nitrogen and oxygen atoms in total. The van der Waals surface area contributed by atoms with Crippen molar-refractivity contribution in [3.8, 4) is 0 Å². The van der Waals surface area contributed by atoms with Gasteiger partial charge in [0.1, 0.15) is 12.6 Å². The first-order valence-corrected chi connectivity index (χ1v) is 15.0. The molecule has 0 aliphatic heterocycles. The third-order valence-electron chi connectivity index (χ3n) is 6.49. The molecule has 1 N–H and O–H groups in total. The van der Waals surface area contributed by atoms with Gasteiger partial charge in [-0.1, -0.05) is 89.9 Å². The summed E-state index contributed by atoms with van der Waals surface area (Å²) >= 11 is 12.2. The Kier molecular flexibility index (Phi) is 10.0. The first-order chi connectivity index (χ1) is 19.7. The van der Waals surface area contributed by atoms with E-state index in [9.17, 15) is 18.0 Å². The number of hydrogen-bond acceptors (Lipinski definition) is 4. The third-order valence-corrected chi connectivity index (χ3v) is 8.77. The van der Waals surface area contributed by atoms with Gasteiger partial charge >= 0.3 is 0 Å². The molecule has 0 unspecified atom stereocenters. The number of benzene rings is 4. The Labute approximate surface area is 250 Å². The Morgan fingerprint density at radius 1 is 0.780 bits per heavy atom.